The molecule has 2 unspecified atom stereocenters. The average Bonchev–Trinajstić information content (AvgIpc) is 2.22. The van der Waals surface area contributed by atoms with Crippen LogP contribution in [0.5, 0.6) is 0 Å². The Kier molecular flexibility index (Phi) is 5.93. The minimum absolute atomic E-state index is 0.147. The Labute approximate surface area is 90.5 Å². The molecule has 5 nitrogen and oxygen atoms in total. The van der Waals surface area contributed by atoms with Crippen LogP contribution in [0, 0.1) is 5.92 Å². The molecule has 0 bridgehead atoms. The number of carboxylic acids is 1. The molecule has 0 aromatic heterocycles. The number of aliphatic carboxylic acids is 1. The van der Waals surface area contributed by atoms with E-state index < -0.39 is 12.0 Å². The molecule has 15 heavy (non-hydrogen) atoms. The zero-order valence-corrected chi connectivity index (χ0v) is 9.78. The number of hydrogen-bond donors (Lipinski definition) is 2. The van der Waals surface area contributed by atoms with Crippen molar-refractivity contribution in [1.82, 2.24) is 10.2 Å². The second kappa shape index (κ2) is 6.40. The van der Waals surface area contributed by atoms with Crippen LogP contribution in [0.3, 0.4) is 0 Å². The Balaban J connectivity index is 4.24. The van der Waals surface area contributed by atoms with Crippen molar-refractivity contribution in [1.29, 1.82) is 0 Å². The summed E-state index contributed by atoms with van der Waals surface area (Å²) in [6.45, 7) is 6.62. The standard InChI is InChI=1S/C10H20N2O3/c1-5-11-6-7(2)9(13)12(4)8(3)10(14)15/h7-8,11H,5-6H2,1-4H3,(H,14,15). The first-order valence-corrected chi connectivity index (χ1v) is 5.12. The van der Waals surface area contributed by atoms with Crippen LogP contribution in [-0.4, -0.2) is 48.1 Å². The molecule has 0 aliphatic carbocycles. The molecule has 0 spiro atoms. The van der Waals surface area contributed by atoms with E-state index in [-0.39, 0.29) is 11.8 Å². The third-order valence-electron chi connectivity index (χ3n) is 2.41. The van der Waals surface area contributed by atoms with Gasteiger partial charge in [0.15, 0.2) is 0 Å². The number of nitrogens with one attached hydrogen (secondary N) is 1. The van der Waals surface area contributed by atoms with Crippen molar-refractivity contribution in [3.63, 3.8) is 0 Å². The molecule has 0 rings (SSSR count). The van der Waals surface area contributed by atoms with Gasteiger partial charge in [-0.2, -0.15) is 0 Å². The predicted molar refractivity (Wildman–Crippen MR) is 57.6 cm³/mol. The smallest absolute Gasteiger partial charge is 0.326 e. The van der Waals surface area contributed by atoms with Crippen molar-refractivity contribution in [3.8, 4) is 0 Å². The fraction of sp³-hybridized carbons (Fsp3) is 0.800. The summed E-state index contributed by atoms with van der Waals surface area (Å²) in [6, 6.07) is -0.776. The highest BCUT2D eigenvalue weighted by Gasteiger charge is 2.24. The minimum Gasteiger partial charge on any atom is -0.480 e. The van der Waals surface area contributed by atoms with Crippen molar-refractivity contribution >= 4 is 11.9 Å². The van der Waals surface area contributed by atoms with E-state index in [0.29, 0.717) is 6.54 Å². The first kappa shape index (κ1) is 13.9. The van der Waals surface area contributed by atoms with Crippen LogP contribution >= 0.6 is 0 Å². The molecule has 0 saturated carbocycles. The van der Waals surface area contributed by atoms with E-state index in [1.165, 1.54) is 18.9 Å². The van der Waals surface area contributed by atoms with Gasteiger partial charge in [-0.1, -0.05) is 13.8 Å². The molecule has 0 radical (unpaired) electrons. The highest BCUT2D eigenvalue weighted by Crippen LogP contribution is 2.04. The highest BCUT2D eigenvalue weighted by molar-refractivity contribution is 5.84. The Morgan fingerprint density at radius 2 is 1.93 bits per heavy atom. The fourth-order valence-electron chi connectivity index (χ4n) is 1.15. The minimum atomic E-state index is -0.985. The molecular formula is C10H20N2O3. The lowest BCUT2D eigenvalue weighted by Crippen LogP contribution is -2.44. The molecule has 0 aromatic carbocycles. The van der Waals surface area contributed by atoms with Gasteiger partial charge in [0.25, 0.3) is 0 Å². The van der Waals surface area contributed by atoms with E-state index in [4.69, 9.17) is 5.11 Å². The van der Waals surface area contributed by atoms with Crippen LogP contribution in [0.4, 0.5) is 0 Å². The molecule has 5 heteroatoms. The summed E-state index contributed by atoms with van der Waals surface area (Å²) in [5.41, 5.74) is 0. The third-order valence-corrected chi connectivity index (χ3v) is 2.41. The van der Waals surface area contributed by atoms with Gasteiger partial charge in [0.05, 0.1) is 0 Å². The molecule has 1 amide bonds. The van der Waals surface area contributed by atoms with Crippen molar-refractivity contribution in [3.05, 3.63) is 0 Å². The second-order valence-corrected chi connectivity index (χ2v) is 3.67. The Bertz CT molecular complexity index is 231. The number of hydrogen-bond acceptors (Lipinski definition) is 3. The normalized spacial score (nSPS) is 14.4. The summed E-state index contributed by atoms with van der Waals surface area (Å²) in [5, 5.41) is 11.8. The monoisotopic (exact) mass is 216 g/mol. The number of rotatable bonds is 6. The van der Waals surface area contributed by atoms with Gasteiger partial charge in [-0.3, -0.25) is 4.79 Å². The van der Waals surface area contributed by atoms with E-state index >= 15 is 0 Å². The van der Waals surface area contributed by atoms with E-state index in [9.17, 15) is 9.59 Å². The molecule has 0 fully saturated rings. The SMILES string of the molecule is CCNCC(C)C(=O)N(C)C(C)C(=O)O. The number of carboxylic acid groups (broad SMARTS) is 1. The summed E-state index contributed by atoms with van der Waals surface area (Å²) in [4.78, 5) is 23.7. The zero-order chi connectivity index (χ0) is 12.0. The first-order valence-electron chi connectivity index (χ1n) is 5.12. The maximum Gasteiger partial charge on any atom is 0.326 e. The molecule has 0 aliphatic heterocycles. The Hall–Kier alpha value is -1.10. The highest BCUT2D eigenvalue weighted by atomic mass is 16.4. The average molecular weight is 216 g/mol. The van der Waals surface area contributed by atoms with Crippen molar-refractivity contribution in [2.45, 2.75) is 26.8 Å². The summed E-state index contributed by atoms with van der Waals surface area (Å²) in [7, 11) is 1.52. The summed E-state index contributed by atoms with van der Waals surface area (Å²) in [5.74, 6) is -1.33. The molecule has 2 N–H and O–H groups in total. The van der Waals surface area contributed by atoms with Gasteiger partial charge < -0.3 is 15.3 Å². The molecule has 0 aliphatic rings. The molecular weight excluding hydrogens is 196 g/mol. The maximum atomic E-state index is 11.7. The van der Waals surface area contributed by atoms with Gasteiger partial charge in [0.2, 0.25) is 5.91 Å². The van der Waals surface area contributed by atoms with E-state index in [1.54, 1.807) is 6.92 Å². The lowest BCUT2D eigenvalue weighted by atomic mass is 10.1. The van der Waals surface area contributed by atoms with Gasteiger partial charge >= 0.3 is 5.97 Å². The molecule has 0 aromatic rings. The van der Waals surface area contributed by atoms with Crippen LogP contribution in [0.25, 0.3) is 0 Å². The fourth-order valence-corrected chi connectivity index (χ4v) is 1.15. The van der Waals surface area contributed by atoms with Gasteiger partial charge in [-0.15, -0.1) is 0 Å². The lowest BCUT2D eigenvalue weighted by Gasteiger charge is -2.24. The zero-order valence-electron chi connectivity index (χ0n) is 9.78. The Morgan fingerprint density at radius 1 is 1.40 bits per heavy atom. The first-order chi connectivity index (χ1) is 6.91. The van der Waals surface area contributed by atoms with Crippen LogP contribution in [0.1, 0.15) is 20.8 Å². The largest absolute Gasteiger partial charge is 0.480 e. The van der Waals surface area contributed by atoms with Crippen molar-refractivity contribution < 1.29 is 14.7 Å². The van der Waals surface area contributed by atoms with Crippen LogP contribution < -0.4 is 5.32 Å². The number of carbonyl (C=O) groups is 2. The van der Waals surface area contributed by atoms with E-state index in [0.717, 1.165) is 6.54 Å². The van der Waals surface area contributed by atoms with Crippen LogP contribution in [0.2, 0.25) is 0 Å². The van der Waals surface area contributed by atoms with Gasteiger partial charge in [0, 0.05) is 19.5 Å². The van der Waals surface area contributed by atoms with Crippen molar-refractivity contribution in [2.24, 2.45) is 5.92 Å². The topological polar surface area (TPSA) is 69.6 Å². The van der Waals surface area contributed by atoms with E-state index in [1.807, 2.05) is 6.92 Å². The van der Waals surface area contributed by atoms with Crippen LogP contribution in [-0.2, 0) is 9.59 Å². The molecule has 0 saturated heterocycles. The molecule has 88 valence electrons. The predicted octanol–water partition coefficient (Wildman–Crippen LogP) is 0.164. The lowest BCUT2D eigenvalue weighted by molar-refractivity contribution is -0.149. The van der Waals surface area contributed by atoms with Gasteiger partial charge in [-0.05, 0) is 13.5 Å². The maximum absolute atomic E-state index is 11.7. The van der Waals surface area contributed by atoms with Crippen LogP contribution in [0.15, 0.2) is 0 Å². The van der Waals surface area contributed by atoms with Gasteiger partial charge in [-0.25, -0.2) is 4.79 Å². The second-order valence-electron chi connectivity index (χ2n) is 3.67. The number of amides is 1. The summed E-state index contributed by atoms with van der Waals surface area (Å²) < 4.78 is 0. The molecule has 0 heterocycles. The summed E-state index contributed by atoms with van der Waals surface area (Å²) >= 11 is 0. The number of nitrogens with zero attached hydrogens (tertiary/aromatic N) is 1. The Morgan fingerprint density at radius 3 is 2.33 bits per heavy atom. The molecule has 2 atom stereocenters. The number of likely N-dealkylation sites (N-methyl/N-ethyl adjacent to an activating group) is 1. The van der Waals surface area contributed by atoms with E-state index in [2.05, 4.69) is 5.32 Å². The summed E-state index contributed by atoms with van der Waals surface area (Å²) in [6.07, 6.45) is 0. The number of carbonyl (C=O) groups excluding carboxylic acids is 1. The third kappa shape index (κ3) is 4.29. The van der Waals surface area contributed by atoms with Gasteiger partial charge in [0.1, 0.15) is 6.04 Å². The quantitative estimate of drug-likeness (QED) is 0.663. The van der Waals surface area contributed by atoms with Crippen molar-refractivity contribution in [2.75, 3.05) is 20.1 Å².